The van der Waals surface area contributed by atoms with Crippen LogP contribution in [0.15, 0.2) is 0 Å². The third kappa shape index (κ3) is 16.5. The summed E-state index contributed by atoms with van der Waals surface area (Å²) in [4.78, 5) is 59.5. The van der Waals surface area contributed by atoms with E-state index in [0.717, 1.165) is 13.8 Å². The molecule has 0 unspecified atom stereocenters. The van der Waals surface area contributed by atoms with Crippen molar-refractivity contribution in [3.8, 4) is 0 Å². The minimum absolute atomic E-state index is 0. The largest absolute Gasteiger partial charge is 2.00 e. The topological polar surface area (TPSA) is 149 Å². The maximum absolute atomic E-state index is 10.1. The number of rotatable bonds is 6. The number of carbonyl (C=O) groups excluding carboxylic acids is 6. The van der Waals surface area contributed by atoms with E-state index in [2.05, 4.69) is 0 Å². The van der Waals surface area contributed by atoms with Crippen LogP contribution in [-0.4, -0.2) is 35.1 Å². The van der Waals surface area contributed by atoms with Gasteiger partial charge in [-0.2, -0.15) is 0 Å². The Labute approximate surface area is 128 Å². The molecule has 0 amide bonds. The van der Waals surface area contributed by atoms with Crippen LogP contribution < -0.4 is 10.2 Å². The van der Waals surface area contributed by atoms with Gasteiger partial charge in [-0.3, -0.25) is 19.2 Å². The third-order valence-electron chi connectivity index (χ3n) is 1.27. The average Bonchev–Trinajstić information content (AvgIpc) is 2.16. The minimum Gasteiger partial charge on any atom is -0.542 e. The molecule has 0 aromatic heterocycles. The number of hydrogen-bond acceptors (Lipinski definition) is 8. The molecular formula is C10H10CdO8. The molecule has 0 aromatic rings. The third-order valence-corrected chi connectivity index (χ3v) is 1.27. The van der Waals surface area contributed by atoms with Crippen LogP contribution in [0.2, 0.25) is 0 Å². The summed E-state index contributed by atoms with van der Waals surface area (Å²) in [5.41, 5.74) is 0. The fourth-order valence-electron chi connectivity index (χ4n) is 0.597. The molecule has 0 aliphatic carbocycles. The van der Waals surface area contributed by atoms with Gasteiger partial charge in [0.15, 0.2) is 11.6 Å². The smallest absolute Gasteiger partial charge is 0.542 e. The normalized spacial score (nSPS) is 8.11. The Balaban J connectivity index is -0.000000256. The van der Waals surface area contributed by atoms with Crippen molar-refractivity contribution in [2.24, 2.45) is 0 Å². The molecule has 0 heterocycles. The summed E-state index contributed by atoms with van der Waals surface area (Å²) >= 11 is 0. The molecule has 0 radical (unpaired) electrons. The summed E-state index contributed by atoms with van der Waals surface area (Å²) in [6, 6.07) is 0. The molecule has 0 aliphatic rings. The summed E-state index contributed by atoms with van der Waals surface area (Å²) in [5.74, 6) is -6.87. The minimum atomic E-state index is -1.80. The number of carboxylic acid groups (broad SMARTS) is 2. The van der Waals surface area contributed by atoms with Crippen molar-refractivity contribution in [3.63, 3.8) is 0 Å². The second kappa shape index (κ2) is 11.6. The standard InChI is InChI=1S/2C5H6O4.Cd/c2*1-3(6)2-4(7)5(8)9;/h2*2H2,1H3,(H,8,9);/q;;+2/p-2. The predicted octanol–water partition coefficient (Wildman–Crippen LogP) is -3.43. The first kappa shape index (κ1) is 22.7. The summed E-state index contributed by atoms with van der Waals surface area (Å²) in [7, 11) is 0. The first-order chi connectivity index (χ1) is 8.07. The number of aliphatic carboxylic acids is 2. The van der Waals surface area contributed by atoms with Gasteiger partial charge in [0, 0.05) is 0 Å². The number of carbonyl (C=O) groups is 6. The van der Waals surface area contributed by atoms with Crippen LogP contribution in [-0.2, 0) is 56.1 Å². The molecule has 0 saturated carbocycles. The van der Waals surface area contributed by atoms with Crippen molar-refractivity contribution in [3.05, 3.63) is 0 Å². The van der Waals surface area contributed by atoms with Crippen LogP contribution in [0, 0.1) is 0 Å². The van der Waals surface area contributed by atoms with Gasteiger partial charge in [0.2, 0.25) is 0 Å². The number of hydrogen-bond donors (Lipinski definition) is 0. The van der Waals surface area contributed by atoms with E-state index in [1.54, 1.807) is 0 Å². The molecule has 9 heteroatoms. The van der Waals surface area contributed by atoms with E-state index in [0.29, 0.717) is 0 Å². The van der Waals surface area contributed by atoms with Crippen LogP contribution in [0.1, 0.15) is 26.7 Å². The van der Waals surface area contributed by atoms with Crippen molar-refractivity contribution in [2.45, 2.75) is 26.7 Å². The van der Waals surface area contributed by atoms with Crippen molar-refractivity contribution in [1.82, 2.24) is 0 Å². The number of ketones is 4. The van der Waals surface area contributed by atoms with Crippen molar-refractivity contribution in [2.75, 3.05) is 0 Å². The van der Waals surface area contributed by atoms with Gasteiger partial charge in [-0.05, 0) is 13.8 Å². The summed E-state index contributed by atoms with van der Waals surface area (Å²) in [5, 5.41) is 19.2. The molecule has 0 spiro atoms. The van der Waals surface area contributed by atoms with Gasteiger partial charge in [-0.15, -0.1) is 0 Å². The van der Waals surface area contributed by atoms with Gasteiger partial charge in [0.25, 0.3) is 0 Å². The Morgan fingerprint density at radius 2 is 0.895 bits per heavy atom. The van der Waals surface area contributed by atoms with Crippen molar-refractivity contribution >= 4 is 35.1 Å². The molecule has 19 heavy (non-hydrogen) atoms. The summed E-state index contributed by atoms with van der Waals surface area (Å²) < 4.78 is 0. The van der Waals surface area contributed by atoms with Crippen LogP contribution >= 0.6 is 0 Å². The molecule has 0 bridgehead atoms. The zero-order valence-corrected chi connectivity index (χ0v) is 14.4. The van der Waals surface area contributed by atoms with Crippen LogP contribution in [0.5, 0.6) is 0 Å². The summed E-state index contributed by atoms with van der Waals surface area (Å²) in [6.07, 6.45) is -1.13. The molecule has 100 valence electrons. The van der Waals surface area contributed by atoms with Gasteiger partial charge in [-0.1, -0.05) is 0 Å². The number of Topliss-reactive ketones (excluding diaryl/α,β-unsaturated/α-hetero) is 4. The zero-order valence-electron chi connectivity index (χ0n) is 10.4. The van der Waals surface area contributed by atoms with Crippen LogP contribution in [0.3, 0.4) is 0 Å². The summed E-state index contributed by atoms with van der Waals surface area (Å²) in [6.45, 7) is 2.28. The second-order valence-corrected chi connectivity index (χ2v) is 3.18. The van der Waals surface area contributed by atoms with Gasteiger partial charge in [0.05, 0.1) is 12.8 Å². The van der Waals surface area contributed by atoms with Gasteiger partial charge in [-0.25, -0.2) is 0 Å². The predicted molar refractivity (Wildman–Crippen MR) is 50.6 cm³/mol. The Kier molecular flexibility index (Phi) is 13.9. The molecule has 0 N–H and O–H groups in total. The van der Waals surface area contributed by atoms with E-state index in [9.17, 15) is 39.0 Å². The molecule has 0 atom stereocenters. The first-order valence-corrected chi connectivity index (χ1v) is 4.55. The van der Waals surface area contributed by atoms with E-state index in [4.69, 9.17) is 0 Å². The molecule has 0 saturated heterocycles. The zero-order chi connectivity index (χ0) is 14.9. The second-order valence-electron chi connectivity index (χ2n) is 3.18. The van der Waals surface area contributed by atoms with Gasteiger partial charge in [0.1, 0.15) is 23.5 Å². The first-order valence-electron chi connectivity index (χ1n) is 4.55. The monoisotopic (exact) mass is 372 g/mol. The van der Waals surface area contributed by atoms with E-state index in [1.807, 2.05) is 0 Å². The van der Waals surface area contributed by atoms with E-state index in [-0.39, 0.29) is 27.3 Å². The molecule has 0 fully saturated rings. The maximum atomic E-state index is 10.1. The van der Waals surface area contributed by atoms with Crippen molar-refractivity contribution in [1.29, 1.82) is 0 Å². The van der Waals surface area contributed by atoms with Crippen LogP contribution in [0.4, 0.5) is 0 Å². The fourth-order valence-corrected chi connectivity index (χ4v) is 0.597. The fraction of sp³-hybridized carbons (Fsp3) is 0.400. The van der Waals surface area contributed by atoms with E-state index < -0.39 is 47.9 Å². The molecule has 0 aliphatic heterocycles. The Bertz CT molecular complexity index is 360. The Morgan fingerprint density at radius 1 is 0.684 bits per heavy atom. The van der Waals surface area contributed by atoms with Crippen LogP contribution in [0.25, 0.3) is 0 Å². The van der Waals surface area contributed by atoms with E-state index in [1.165, 1.54) is 0 Å². The Hall–Kier alpha value is -1.46. The number of carboxylic acids is 2. The molecule has 0 rings (SSSR count). The van der Waals surface area contributed by atoms with Gasteiger partial charge >= 0.3 is 27.3 Å². The SMILES string of the molecule is CC(=O)CC(=O)C(=O)[O-].CC(=O)CC(=O)C(=O)[O-].[Cd+2]. The molecule has 8 nitrogen and oxygen atoms in total. The van der Waals surface area contributed by atoms with E-state index >= 15 is 0 Å². The van der Waals surface area contributed by atoms with Gasteiger partial charge < -0.3 is 19.8 Å². The maximum Gasteiger partial charge on any atom is 2.00 e. The average molecular weight is 371 g/mol. The Morgan fingerprint density at radius 3 is 0.947 bits per heavy atom. The van der Waals surface area contributed by atoms with Crippen molar-refractivity contribution < 1.29 is 66.3 Å². The quantitative estimate of drug-likeness (QED) is 0.266. The molecular weight excluding hydrogens is 361 g/mol. The molecule has 0 aromatic carbocycles.